The third-order valence-corrected chi connectivity index (χ3v) is 7.22. The van der Waals surface area contributed by atoms with Gasteiger partial charge in [0.25, 0.3) is 0 Å². The summed E-state index contributed by atoms with van der Waals surface area (Å²) in [7, 11) is 0. The molecule has 0 amide bonds. The summed E-state index contributed by atoms with van der Waals surface area (Å²) in [5.41, 5.74) is 7.90. The molecule has 218 valence electrons. The molecule has 0 aromatic heterocycles. The molecule has 0 heterocycles. The molecule has 0 aliphatic heterocycles. The smallest absolute Gasteiger partial charge is 0.338 e. The van der Waals surface area contributed by atoms with E-state index in [1.165, 1.54) is 11.6 Å². The number of carbonyl (C=O) groups excluding carboxylic acids is 3. The van der Waals surface area contributed by atoms with Crippen molar-refractivity contribution in [3.8, 4) is 33.8 Å². The third-order valence-electron chi connectivity index (χ3n) is 7.22. The minimum atomic E-state index is -0.712. The highest BCUT2D eigenvalue weighted by Gasteiger charge is 2.27. The maximum absolute atomic E-state index is 12.7. The molecule has 0 N–H and O–H groups in total. The second kappa shape index (κ2) is 11.8. The summed E-state index contributed by atoms with van der Waals surface area (Å²) in [4.78, 5) is 37.2. The Morgan fingerprint density at radius 2 is 1.33 bits per heavy atom. The van der Waals surface area contributed by atoms with Gasteiger partial charge >= 0.3 is 17.9 Å². The van der Waals surface area contributed by atoms with E-state index in [0.717, 1.165) is 51.8 Å². The lowest BCUT2D eigenvalue weighted by atomic mass is 9.90. The van der Waals surface area contributed by atoms with Crippen LogP contribution in [0.25, 0.3) is 22.3 Å². The molecule has 0 spiro atoms. The molecule has 0 bridgehead atoms. The van der Waals surface area contributed by atoms with Crippen LogP contribution in [0.3, 0.4) is 0 Å². The van der Waals surface area contributed by atoms with Gasteiger partial charge in [-0.3, -0.25) is 4.79 Å². The normalized spacial score (nSPS) is 14.1. The van der Waals surface area contributed by atoms with Gasteiger partial charge in [0.15, 0.2) is 0 Å². The molecule has 0 radical (unpaired) electrons. The molecule has 3 aromatic carbocycles. The molecule has 42 heavy (non-hydrogen) atoms. The van der Waals surface area contributed by atoms with Gasteiger partial charge in [-0.15, -0.1) is 0 Å². The fourth-order valence-electron chi connectivity index (χ4n) is 4.82. The van der Waals surface area contributed by atoms with Crippen LogP contribution in [0.5, 0.6) is 11.5 Å². The van der Waals surface area contributed by atoms with Crippen LogP contribution in [-0.4, -0.2) is 17.9 Å². The minimum absolute atomic E-state index is 0.257. The summed E-state index contributed by atoms with van der Waals surface area (Å²) in [5.74, 6) is -0.797. The number of esters is 3. The number of benzene rings is 3. The lowest BCUT2D eigenvalue weighted by Crippen LogP contribution is -2.25. The van der Waals surface area contributed by atoms with Gasteiger partial charge in [0.05, 0.1) is 5.41 Å². The van der Waals surface area contributed by atoms with Gasteiger partial charge in [-0.25, -0.2) is 9.59 Å². The predicted octanol–water partition coefficient (Wildman–Crippen LogP) is 8.18. The second-order valence-electron chi connectivity index (χ2n) is 12.1. The van der Waals surface area contributed by atoms with Gasteiger partial charge in [0.1, 0.15) is 17.6 Å². The highest BCUT2D eigenvalue weighted by atomic mass is 16.6. The Kier molecular flexibility index (Phi) is 8.58. The fraction of sp³-hybridized carbons (Fsp3) is 0.306. The Labute approximate surface area is 248 Å². The van der Waals surface area contributed by atoms with Gasteiger partial charge in [0.2, 0.25) is 0 Å². The molecule has 1 unspecified atom stereocenters. The van der Waals surface area contributed by atoms with Gasteiger partial charge in [0, 0.05) is 17.2 Å². The van der Waals surface area contributed by atoms with Gasteiger partial charge in [-0.05, 0) is 124 Å². The molecule has 0 fully saturated rings. The van der Waals surface area contributed by atoms with E-state index < -0.39 is 17.4 Å². The Morgan fingerprint density at radius 3 is 1.90 bits per heavy atom. The van der Waals surface area contributed by atoms with Crippen molar-refractivity contribution >= 4 is 17.9 Å². The van der Waals surface area contributed by atoms with Crippen LogP contribution in [0, 0.1) is 19.3 Å². The number of hydrogen-bond acceptors (Lipinski definition) is 6. The molecule has 0 saturated carbocycles. The van der Waals surface area contributed by atoms with E-state index in [0.29, 0.717) is 5.57 Å². The average Bonchev–Trinajstić information content (AvgIpc) is 3.30. The summed E-state index contributed by atoms with van der Waals surface area (Å²) in [6.07, 6.45) is 1.32. The van der Waals surface area contributed by atoms with Crippen LogP contribution in [0.1, 0.15) is 69.4 Å². The van der Waals surface area contributed by atoms with Crippen molar-refractivity contribution in [1.29, 1.82) is 0 Å². The number of carbonyl (C=O) groups is 3. The predicted molar refractivity (Wildman–Crippen MR) is 164 cm³/mol. The van der Waals surface area contributed by atoms with Gasteiger partial charge in [-0.2, -0.15) is 0 Å². The summed E-state index contributed by atoms with van der Waals surface area (Å²) in [6, 6.07) is 15.6. The monoisotopic (exact) mass is 566 g/mol. The molecule has 4 rings (SSSR count). The SMILES string of the molecule is C=C(C)C(=O)Oc1cc(OC(=O)C(C)(C)C)cc(-c2cc(C)c(-c3ccc4c(c3)C(OC(=O)C(=C)C)CC4)cc2C)c1. The fourth-order valence-corrected chi connectivity index (χ4v) is 4.82. The Balaban J connectivity index is 1.73. The zero-order valence-electron chi connectivity index (χ0n) is 25.5. The molecule has 0 saturated heterocycles. The number of aryl methyl sites for hydroxylation is 3. The molecule has 1 aliphatic rings. The van der Waals surface area contributed by atoms with Crippen LogP contribution in [0.15, 0.2) is 72.8 Å². The van der Waals surface area contributed by atoms with Crippen LogP contribution >= 0.6 is 0 Å². The topological polar surface area (TPSA) is 78.9 Å². The average molecular weight is 567 g/mol. The number of rotatable bonds is 7. The van der Waals surface area contributed by atoms with Crippen molar-refractivity contribution in [2.45, 2.75) is 67.4 Å². The van der Waals surface area contributed by atoms with E-state index in [1.807, 2.05) is 13.8 Å². The van der Waals surface area contributed by atoms with E-state index >= 15 is 0 Å². The molecule has 1 atom stereocenters. The van der Waals surface area contributed by atoms with E-state index in [1.54, 1.807) is 46.8 Å². The summed E-state index contributed by atoms with van der Waals surface area (Å²) < 4.78 is 16.9. The van der Waals surface area contributed by atoms with Crippen LogP contribution < -0.4 is 9.47 Å². The molecular weight excluding hydrogens is 528 g/mol. The molecule has 1 aliphatic carbocycles. The summed E-state index contributed by atoms with van der Waals surface area (Å²) in [6.45, 7) is 20.0. The quantitative estimate of drug-likeness (QED) is 0.163. The zero-order chi connectivity index (χ0) is 30.9. The zero-order valence-corrected chi connectivity index (χ0v) is 25.5. The second-order valence-corrected chi connectivity index (χ2v) is 12.1. The van der Waals surface area contributed by atoms with Crippen molar-refractivity contribution in [1.82, 2.24) is 0 Å². The number of hydrogen-bond donors (Lipinski definition) is 0. The van der Waals surface area contributed by atoms with Crippen molar-refractivity contribution in [2.24, 2.45) is 5.41 Å². The van der Waals surface area contributed by atoms with Crippen molar-refractivity contribution in [2.75, 3.05) is 0 Å². The lowest BCUT2D eigenvalue weighted by Gasteiger charge is -2.19. The standard InChI is InChI=1S/C36H38O6/c1-20(2)33(37)40-27-16-26(17-28(19-27)41-35(39)36(7,8)9)30-15-22(5)29(14-23(30)6)25-11-10-24-12-13-32(31(24)18-25)42-34(38)21(3)4/h10-11,14-19,32H,1,3,12-13H2,2,4-9H3. The van der Waals surface area contributed by atoms with E-state index in [-0.39, 0.29) is 29.1 Å². The molecule has 6 heteroatoms. The number of fused-ring (bicyclic) bond motifs is 1. The third kappa shape index (κ3) is 6.71. The summed E-state index contributed by atoms with van der Waals surface area (Å²) in [5, 5.41) is 0. The largest absolute Gasteiger partial charge is 0.454 e. The minimum Gasteiger partial charge on any atom is -0.454 e. The maximum atomic E-state index is 12.7. The Morgan fingerprint density at radius 1 is 0.762 bits per heavy atom. The first-order valence-corrected chi connectivity index (χ1v) is 14.0. The Bertz CT molecular complexity index is 1620. The highest BCUT2D eigenvalue weighted by Crippen LogP contribution is 2.40. The lowest BCUT2D eigenvalue weighted by molar-refractivity contribution is -0.144. The van der Waals surface area contributed by atoms with Crippen LogP contribution in [0.4, 0.5) is 0 Å². The van der Waals surface area contributed by atoms with Gasteiger partial charge < -0.3 is 14.2 Å². The highest BCUT2D eigenvalue weighted by molar-refractivity contribution is 5.89. The van der Waals surface area contributed by atoms with E-state index in [9.17, 15) is 14.4 Å². The van der Waals surface area contributed by atoms with Crippen molar-refractivity contribution in [3.63, 3.8) is 0 Å². The first-order valence-electron chi connectivity index (χ1n) is 14.0. The first kappa shape index (κ1) is 30.5. The number of ether oxygens (including phenoxy) is 3. The maximum Gasteiger partial charge on any atom is 0.338 e. The van der Waals surface area contributed by atoms with E-state index in [4.69, 9.17) is 14.2 Å². The van der Waals surface area contributed by atoms with Crippen LogP contribution in [-0.2, 0) is 25.5 Å². The van der Waals surface area contributed by atoms with Gasteiger partial charge in [-0.1, -0.05) is 37.4 Å². The van der Waals surface area contributed by atoms with Crippen LogP contribution in [0.2, 0.25) is 0 Å². The van der Waals surface area contributed by atoms with E-state index in [2.05, 4.69) is 43.5 Å². The summed E-state index contributed by atoms with van der Waals surface area (Å²) >= 11 is 0. The first-order chi connectivity index (χ1) is 19.6. The molecular formula is C36H38O6. The molecule has 3 aromatic rings. The Hall–Kier alpha value is -4.45. The van der Waals surface area contributed by atoms with Crippen molar-refractivity contribution < 1.29 is 28.6 Å². The molecule has 6 nitrogen and oxygen atoms in total. The van der Waals surface area contributed by atoms with Crippen molar-refractivity contribution in [3.05, 3.63) is 95.1 Å².